The van der Waals surface area contributed by atoms with Crippen LogP contribution in [-0.2, 0) is 9.53 Å². The van der Waals surface area contributed by atoms with Crippen LogP contribution in [0.25, 0.3) is 0 Å². The molecule has 2 saturated heterocycles. The predicted molar refractivity (Wildman–Crippen MR) is 124 cm³/mol. The van der Waals surface area contributed by atoms with Crippen LogP contribution in [0.1, 0.15) is 12.8 Å². The molecule has 1 atom stereocenters. The van der Waals surface area contributed by atoms with Gasteiger partial charge in [0.2, 0.25) is 0 Å². The highest BCUT2D eigenvalue weighted by Gasteiger charge is 2.28. The molecular weight excluding hydrogens is 412 g/mol. The van der Waals surface area contributed by atoms with Crippen molar-refractivity contribution in [3.63, 3.8) is 0 Å². The van der Waals surface area contributed by atoms with Gasteiger partial charge in [-0.25, -0.2) is 0 Å². The van der Waals surface area contributed by atoms with Crippen molar-refractivity contribution in [3.05, 3.63) is 49.4 Å². The van der Waals surface area contributed by atoms with Crippen LogP contribution in [0.4, 0.5) is 0 Å². The zero-order valence-corrected chi connectivity index (χ0v) is 19.0. The second-order valence-corrected chi connectivity index (χ2v) is 8.55. The number of rotatable bonds is 7. The Labute approximate surface area is 191 Å². The maximum Gasteiger partial charge on any atom is 0.317 e. The normalized spacial score (nSPS) is 23.7. The van der Waals surface area contributed by atoms with Crippen LogP contribution in [0.15, 0.2) is 49.4 Å². The van der Waals surface area contributed by atoms with E-state index < -0.39 is 5.97 Å². The maximum absolute atomic E-state index is 11.4. The van der Waals surface area contributed by atoms with Gasteiger partial charge in [0.15, 0.2) is 0 Å². The molecule has 0 radical (unpaired) electrons. The van der Waals surface area contributed by atoms with Gasteiger partial charge >= 0.3 is 5.97 Å². The molecule has 9 nitrogen and oxygen atoms in total. The predicted octanol–water partition coefficient (Wildman–Crippen LogP) is 1.64. The van der Waals surface area contributed by atoms with Crippen LogP contribution in [0, 0.1) is 0 Å². The Hall–Kier alpha value is -2.33. The minimum Gasteiger partial charge on any atom is -0.512 e. The molecule has 2 rings (SSSR count). The monoisotopic (exact) mass is 450 g/mol. The largest absolute Gasteiger partial charge is 0.512 e. The molecule has 0 saturated carbocycles. The molecule has 9 heteroatoms. The van der Waals surface area contributed by atoms with Crippen molar-refractivity contribution in [2.24, 2.45) is 0 Å². The molecule has 180 valence electrons. The molecule has 0 bridgehead atoms. The first-order valence-corrected chi connectivity index (χ1v) is 11.0. The van der Waals surface area contributed by atoms with Crippen LogP contribution in [-0.4, -0.2) is 119 Å². The van der Waals surface area contributed by atoms with Crippen LogP contribution in [0.3, 0.4) is 0 Å². The molecule has 32 heavy (non-hydrogen) atoms. The Balaban J connectivity index is 2.18. The molecule has 2 aliphatic heterocycles. The third kappa shape index (κ3) is 9.04. The second-order valence-electron chi connectivity index (χ2n) is 8.55. The van der Waals surface area contributed by atoms with E-state index in [1.807, 2.05) is 9.80 Å². The van der Waals surface area contributed by atoms with E-state index in [1.54, 1.807) is 0 Å². The molecule has 0 spiro atoms. The van der Waals surface area contributed by atoms with Crippen molar-refractivity contribution in [3.8, 4) is 0 Å². The first-order chi connectivity index (χ1) is 15.1. The third-order valence-corrected chi connectivity index (χ3v) is 5.83. The highest BCUT2D eigenvalue weighted by Crippen LogP contribution is 2.27. The summed E-state index contributed by atoms with van der Waals surface area (Å²) in [5.41, 5.74) is 0. The average molecular weight is 451 g/mol. The van der Waals surface area contributed by atoms with Crippen molar-refractivity contribution in [1.82, 2.24) is 19.6 Å². The summed E-state index contributed by atoms with van der Waals surface area (Å²) >= 11 is 0. The Bertz CT molecular complexity index is 679. The Morgan fingerprint density at radius 1 is 0.812 bits per heavy atom. The summed E-state index contributed by atoms with van der Waals surface area (Å²) in [6.07, 6.45) is 1.62. The number of nitrogens with zero attached hydrogens (tertiary/aromatic N) is 4. The molecule has 0 aliphatic carbocycles. The Kier molecular flexibility index (Phi) is 10.2. The molecule has 2 aliphatic rings. The highest BCUT2D eigenvalue weighted by molar-refractivity contribution is 5.69. The van der Waals surface area contributed by atoms with Gasteiger partial charge in [0.05, 0.1) is 43.0 Å². The molecule has 2 heterocycles. The topological polar surface area (TPSA) is 100.0 Å². The van der Waals surface area contributed by atoms with E-state index in [0.717, 1.165) is 18.6 Å². The van der Waals surface area contributed by atoms with E-state index in [-0.39, 0.29) is 24.1 Å². The number of carboxylic acids is 1. The first-order valence-electron chi connectivity index (χ1n) is 11.0. The number of aliphatic hydroxyl groups is 2. The summed E-state index contributed by atoms with van der Waals surface area (Å²) < 4.78 is 5.71. The number of allylic oxidation sites excluding steroid dienone is 1. The van der Waals surface area contributed by atoms with Gasteiger partial charge in [0.1, 0.15) is 5.76 Å². The third-order valence-electron chi connectivity index (χ3n) is 5.83. The molecule has 0 aromatic heterocycles. The van der Waals surface area contributed by atoms with Gasteiger partial charge in [-0.3, -0.25) is 24.4 Å². The zero-order valence-electron chi connectivity index (χ0n) is 19.0. The van der Waals surface area contributed by atoms with E-state index >= 15 is 0 Å². The number of aliphatic hydroxyl groups excluding tert-OH is 2. The number of carbonyl (C=O) groups is 1. The number of hydrogen-bond donors (Lipinski definition) is 3. The lowest BCUT2D eigenvalue weighted by molar-refractivity contribution is -0.138. The maximum atomic E-state index is 11.4. The van der Waals surface area contributed by atoms with Crippen molar-refractivity contribution in [1.29, 1.82) is 0 Å². The molecule has 0 amide bonds. The molecular formula is C23H38N4O5. The Morgan fingerprint density at radius 2 is 1.25 bits per heavy atom. The van der Waals surface area contributed by atoms with Gasteiger partial charge < -0.3 is 20.1 Å². The lowest BCUT2D eigenvalue weighted by atomic mass is 10.0. The standard InChI is InChI=1S/C23H38N4O5/c1-18(28)15-24-7-8-25(16-19(2)29)11-13-27(22-6-5-20(3)32-21(22)4)14-12-26(10-9-24)17-23(30)31/h22,28-29H,1-17H2,(H,30,31). The molecule has 2 fully saturated rings. The van der Waals surface area contributed by atoms with E-state index in [1.165, 1.54) is 0 Å². The fourth-order valence-corrected chi connectivity index (χ4v) is 4.20. The minimum absolute atomic E-state index is 0.0310. The quantitative estimate of drug-likeness (QED) is 0.500. The van der Waals surface area contributed by atoms with Crippen molar-refractivity contribution < 1.29 is 24.9 Å². The molecule has 0 aromatic rings. The van der Waals surface area contributed by atoms with E-state index in [4.69, 9.17) is 4.74 Å². The number of carboxylic acid groups (broad SMARTS) is 1. The molecule has 1 unspecified atom stereocenters. The SMILES string of the molecule is C=C(O)CN1CCN(CC(=C)O)CCN(C2CCC(=C)OC2=C)CCN(CC(=O)O)CC1. The summed E-state index contributed by atoms with van der Waals surface area (Å²) in [6.45, 7) is 21.0. The summed E-state index contributed by atoms with van der Waals surface area (Å²) in [5.74, 6) is 0.705. The van der Waals surface area contributed by atoms with Gasteiger partial charge in [-0.1, -0.05) is 26.3 Å². The van der Waals surface area contributed by atoms with Crippen LogP contribution in [0.5, 0.6) is 0 Å². The zero-order chi connectivity index (χ0) is 23.7. The van der Waals surface area contributed by atoms with Crippen LogP contribution in [0.2, 0.25) is 0 Å². The van der Waals surface area contributed by atoms with Crippen molar-refractivity contribution >= 4 is 5.97 Å². The van der Waals surface area contributed by atoms with E-state index in [9.17, 15) is 20.1 Å². The average Bonchev–Trinajstić information content (AvgIpc) is 2.67. The van der Waals surface area contributed by atoms with Gasteiger partial charge in [-0.05, 0) is 6.42 Å². The van der Waals surface area contributed by atoms with Crippen LogP contribution < -0.4 is 0 Å². The van der Waals surface area contributed by atoms with Crippen molar-refractivity contribution in [2.45, 2.75) is 18.9 Å². The summed E-state index contributed by atoms with van der Waals surface area (Å²) in [7, 11) is 0. The van der Waals surface area contributed by atoms with E-state index in [0.29, 0.717) is 71.2 Å². The van der Waals surface area contributed by atoms with Gasteiger partial charge in [-0.2, -0.15) is 0 Å². The fraction of sp³-hybridized carbons (Fsp3) is 0.609. The second kappa shape index (κ2) is 12.6. The summed E-state index contributed by atoms with van der Waals surface area (Å²) in [5, 5.41) is 28.8. The molecule has 3 N–H and O–H groups in total. The van der Waals surface area contributed by atoms with Gasteiger partial charge in [0, 0.05) is 58.8 Å². The van der Waals surface area contributed by atoms with Crippen molar-refractivity contribution in [2.75, 3.05) is 72.0 Å². The number of aliphatic carboxylic acids is 1. The Morgan fingerprint density at radius 3 is 1.66 bits per heavy atom. The van der Waals surface area contributed by atoms with Gasteiger partial charge in [-0.15, -0.1) is 0 Å². The van der Waals surface area contributed by atoms with Gasteiger partial charge in [0.25, 0.3) is 0 Å². The lowest BCUT2D eigenvalue weighted by Gasteiger charge is -2.39. The van der Waals surface area contributed by atoms with E-state index in [2.05, 4.69) is 36.1 Å². The summed E-state index contributed by atoms with van der Waals surface area (Å²) in [6, 6.07) is 0.0310. The number of ether oxygens (including phenoxy) is 1. The lowest BCUT2D eigenvalue weighted by Crippen LogP contribution is -2.50. The van der Waals surface area contributed by atoms with Crippen LogP contribution >= 0.6 is 0 Å². The minimum atomic E-state index is -0.865. The fourth-order valence-electron chi connectivity index (χ4n) is 4.20. The summed E-state index contributed by atoms with van der Waals surface area (Å²) in [4.78, 5) is 19.8. The first kappa shape index (κ1) is 25.9. The molecule has 0 aromatic carbocycles. The smallest absolute Gasteiger partial charge is 0.317 e. The highest BCUT2D eigenvalue weighted by atomic mass is 16.5. The number of hydrogen-bond acceptors (Lipinski definition) is 8.